The molecule has 1 aromatic heterocycles. The summed E-state index contributed by atoms with van der Waals surface area (Å²) in [6.07, 6.45) is 7.40. The van der Waals surface area contributed by atoms with Crippen molar-refractivity contribution in [3.05, 3.63) is 28.0 Å². The van der Waals surface area contributed by atoms with Gasteiger partial charge in [-0.15, -0.1) is 11.3 Å². The number of carbonyl (C=O) groups is 2. The van der Waals surface area contributed by atoms with Crippen molar-refractivity contribution in [3.63, 3.8) is 0 Å². The molecule has 1 aliphatic carbocycles. The second kappa shape index (κ2) is 5.96. The van der Waals surface area contributed by atoms with Gasteiger partial charge in [0.15, 0.2) is 0 Å². The van der Waals surface area contributed by atoms with E-state index in [1.165, 1.54) is 18.4 Å². The first-order chi connectivity index (χ1) is 8.69. The lowest BCUT2D eigenvalue weighted by molar-refractivity contribution is -0.120. The molecule has 0 aliphatic heterocycles. The Kier molecular flexibility index (Phi) is 4.31. The number of ketones is 1. The van der Waals surface area contributed by atoms with Gasteiger partial charge in [0.25, 0.3) is 0 Å². The fourth-order valence-electron chi connectivity index (χ4n) is 1.97. The van der Waals surface area contributed by atoms with Gasteiger partial charge in [-0.2, -0.15) is 0 Å². The summed E-state index contributed by atoms with van der Waals surface area (Å²) < 4.78 is 4.63. The number of carbonyl (C=O) groups excluding carboxylic acids is 2. The Labute approximate surface area is 110 Å². The average Bonchev–Trinajstić information content (AvgIpc) is 2.86. The molecule has 0 N–H and O–H groups in total. The second-order valence-electron chi connectivity index (χ2n) is 4.35. The van der Waals surface area contributed by atoms with Gasteiger partial charge in [-0.25, -0.2) is 4.79 Å². The van der Waals surface area contributed by atoms with E-state index in [-0.39, 0.29) is 5.97 Å². The maximum Gasteiger partial charge on any atom is 0.348 e. The molecule has 0 saturated heterocycles. The van der Waals surface area contributed by atoms with Gasteiger partial charge < -0.3 is 4.74 Å². The molecule has 0 atom stereocenters. The van der Waals surface area contributed by atoms with E-state index in [1.807, 2.05) is 6.08 Å². The summed E-state index contributed by atoms with van der Waals surface area (Å²) >= 11 is 1.37. The van der Waals surface area contributed by atoms with Crippen LogP contribution in [0.2, 0.25) is 0 Å². The third-order valence-corrected chi connectivity index (χ3v) is 4.04. The minimum absolute atomic E-state index is 0.345. The summed E-state index contributed by atoms with van der Waals surface area (Å²) in [5.74, 6) is 0.506. The summed E-state index contributed by atoms with van der Waals surface area (Å²) in [5.41, 5.74) is 0. The molecule has 0 aromatic carbocycles. The summed E-state index contributed by atoms with van der Waals surface area (Å²) in [6.45, 7) is 0. The first kappa shape index (κ1) is 13.0. The smallest absolute Gasteiger partial charge is 0.348 e. The number of allylic oxidation sites excluding steroid dienone is 1. The highest BCUT2D eigenvalue weighted by molar-refractivity contribution is 7.14. The normalized spacial score (nSPS) is 17.3. The van der Waals surface area contributed by atoms with Gasteiger partial charge in [0.05, 0.1) is 7.11 Å². The van der Waals surface area contributed by atoms with Crippen molar-refractivity contribution in [2.45, 2.75) is 25.7 Å². The molecule has 3 nitrogen and oxygen atoms in total. The number of ether oxygens (including phenoxy) is 1. The molecule has 1 heterocycles. The third kappa shape index (κ3) is 3.29. The molecule has 1 fully saturated rings. The lowest BCUT2D eigenvalue weighted by atomic mass is 9.88. The van der Waals surface area contributed by atoms with E-state index in [0.717, 1.165) is 17.7 Å². The van der Waals surface area contributed by atoms with Crippen LogP contribution in [0.5, 0.6) is 0 Å². The number of hydrogen-bond acceptors (Lipinski definition) is 4. The molecular weight excluding hydrogens is 248 g/mol. The first-order valence-electron chi connectivity index (χ1n) is 5.99. The first-order valence-corrected chi connectivity index (χ1v) is 6.80. The maximum absolute atomic E-state index is 11.3. The van der Waals surface area contributed by atoms with E-state index in [0.29, 0.717) is 29.4 Å². The van der Waals surface area contributed by atoms with Crippen molar-refractivity contribution in [2.24, 2.45) is 5.92 Å². The highest BCUT2D eigenvalue weighted by Crippen LogP contribution is 2.25. The van der Waals surface area contributed by atoms with E-state index in [2.05, 4.69) is 16.9 Å². The topological polar surface area (TPSA) is 43.4 Å². The zero-order valence-corrected chi connectivity index (χ0v) is 11.1. The molecule has 1 aliphatic rings. The lowest BCUT2D eigenvalue weighted by Crippen LogP contribution is -2.11. The fourth-order valence-corrected chi connectivity index (χ4v) is 2.76. The van der Waals surface area contributed by atoms with Gasteiger partial charge in [-0.05, 0) is 30.9 Å². The molecule has 2 rings (SSSR count). The predicted octanol–water partition coefficient (Wildman–Crippen LogP) is 3.11. The summed E-state index contributed by atoms with van der Waals surface area (Å²) in [6, 6.07) is 4.68. The number of esters is 1. The Morgan fingerprint density at radius 2 is 2.22 bits per heavy atom. The summed E-state index contributed by atoms with van der Waals surface area (Å²) in [4.78, 5) is 23.9. The molecule has 0 amide bonds. The van der Waals surface area contributed by atoms with Crippen LogP contribution in [0.15, 0.2) is 12.1 Å². The fraction of sp³-hybridized carbons (Fsp3) is 0.429. The SMILES string of the molecule is COC(=O)c1[c]cc(C=CC2CCC(=O)CC2)s1. The number of hydrogen-bond donors (Lipinski definition) is 0. The molecular formula is C14H15O3S. The zero-order chi connectivity index (χ0) is 13.0. The Hall–Kier alpha value is -1.42. The lowest BCUT2D eigenvalue weighted by Gasteiger charge is -2.16. The summed E-state index contributed by atoms with van der Waals surface area (Å²) in [5, 5.41) is 0. The van der Waals surface area contributed by atoms with Gasteiger partial charge in [0, 0.05) is 23.8 Å². The van der Waals surface area contributed by atoms with E-state index < -0.39 is 0 Å². The second-order valence-corrected chi connectivity index (χ2v) is 5.43. The van der Waals surface area contributed by atoms with Gasteiger partial charge in [-0.1, -0.05) is 6.08 Å². The van der Waals surface area contributed by atoms with E-state index in [9.17, 15) is 9.59 Å². The van der Waals surface area contributed by atoms with Crippen molar-refractivity contribution >= 4 is 29.2 Å². The Morgan fingerprint density at radius 1 is 1.50 bits per heavy atom. The van der Waals surface area contributed by atoms with E-state index in [4.69, 9.17) is 0 Å². The van der Waals surface area contributed by atoms with Crippen molar-refractivity contribution in [2.75, 3.05) is 7.11 Å². The largest absolute Gasteiger partial charge is 0.465 e. The van der Waals surface area contributed by atoms with Crippen molar-refractivity contribution in [1.82, 2.24) is 0 Å². The van der Waals surface area contributed by atoms with Crippen LogP contribution in [0.25, 0.3) is 6.08 Å². The highest BCUT2D eigenvalue weighted by atomic mass is 32.1. The predicted molar refractivity (Wildman–Crippen MR) is 70.5 cm³/mol. The number of thiophene rings is 1. The van der Waals surface area contributed by atoms with Crippen LogP contribution in [-0.2, 0) is 9.53 Å². The van der Waals surface area contributed by atoms with Crippen LogP contribution in [-0.4, -0.2) is 18.9 Å². The maximum atomic E-state index is 11.3. The summed E-state index contributed by atoms with van der Waals surface area (Å²) in [7, 11) is 1.37. The van der Waals surface area contributed by atoms with Crippen LogP contribution < -0.4 is 0 Å². The molecule has 18 heavy (non-hydrogen) atoms. The van der Waals surface area contributed by atoms with Crippen molar-refractivity contribution in [1.29, 1.82) is 0 Å². The molecule has 1 saturated carbocycles. The van der Waals surface area contributed by atoms with E-state index in [1.54, 1.807) is 6.07 Å². The monoisotopic (exact) mass is 263 g/mol. The number of methoxy groups -OCH3 is 1. The molecule has 0 bridgehead atoms. The van der Waals surface area contributed by atoms with Crippen LogP contribution >= 0.6 is 11.3 Å². The van der Waals surface area contributed by atoms with Gasteiger partial charge in [0.2, 0.25) is 0 Å². The standard InChI is InChI=1S/C14H15O3S/c1-17-14(16)13-9-8-12(18-13)7-4-10-2-5-11(15)6-3-10/h4,7-8,10H,2-3,5-6H2,1H3. The Balaban J connectivity index is 1.94. The third-order valence-electron chi connectivity index (χ3n) is 3.06. The number of rotatable bonds is 3. The zero-order valence-electron chi connectivity index (χ0n) is 10.3. The van der Waals surface area contributed by atoms with Crippen molar-refractivity contribution < 1.29 is 14.3 Å². The molecule has 0 spiro atoms. The van der Waals surface area contributed by atoms with Crippen molar-refractivity contribution in [3.8, 4) is 0 Å². The van der Waals surface area contributed by atoms with Crippen LogP contribution in [0.4, 0.5) is 0 Å². The van der Waals surface area contributed by atoms with Crippen LogP contribution in [0.3, 0.4) is 0 Å². The van der Waals surface area contributed by atoms with Gasteiger partial charge >= 0.3 is 5.97 Å². The molecule has 4 heteroatoms. The molecule has 1 aromatic rings. The molecule has 0 unspecified atom stereocenters. The van der Waals surface area contributed by atoms with Gasteiger partial charge in [0.1, 0.15) is 10.7 Å². The Bertz CT molecular complexity index is 463. The highest BCUT2D eigenvalue weighted by Gasteiger charge is 2.16. The van der Waals surface area contributed by atoms with Crippen LogP contribution in [0.1, 0.15) is 40.2 Å². The average molecular weight is 263 g/mol. The van der Waals surface area contributed by atoms with Gasteiger partial charge in [-0.3, -0.25) is 4.79 Å². The van der Waals surface area contributed by atoms with E-state index >= 15 is 0 Å². The molecule has 95 valence electrons. The van der Waals surface area contributed by atoms with Crippen LogP contribution in [0, 0.1) is 12.0 Å². The number of Topliss-reactive ketones (excluding diaryl/α,β-unsaturated/α-hetero) is 1. The minimum atomic E-state index is -0.345. The minimum Gasteiger partial charge on any atom is -0.465 e. The quantitative estimate of drug-likeness (QED) is 0.787. The molecule has 1 radical (unpaired) electrons. The Morgan fingerprint density at radius 3 is 2.89 bits per heavy atom.